The fraction of sp³-hybridized carbons (Fsp3) is 0.792. The lowest BCUT2D eigenvalue weighted by molar-refractivity contribution is -0.139. The van der Waals surface area contributed by atoms with E-state index >= 15 is 0 Å². The maximum Gasteiger partial charge on any atom is 0.243 e. The summed E-state index contributed by atoms with van der Waals surface area (Å²) in [7, 11) is -1.46. The van der Waals surface area contributed by atoms with Gasteiger partial charge in [-0.25, -0.2) is 18.1 Å². The van der Waals surface area contributed by atoms with Crippen molar-refractivity contribution in [3.8, 4) is 0 Å². The Morgan fingerprint density at radius 1 is 1.14 bits per heavy atom. The molecule has 12 heteroatoms. The molecule has 2 atom stereocenters. The maximum atomic E-state index is 13.4. The number of nitrogens with zero attached hydrogens (tertiary/aromatic N) is 5. The quantitative estimate of drug-likeness (QED) is 0.625. The Balaban J connectivity index is 1.90. The molecule has 1 saturated heterocycles. The van der Waals surface area contributed by atoms with Gasteiger partial charge < -0.3 is 15.1 Å². The number of nitrogens with one attached hydrogen (secondary N) is 1. The number of hydrogen-bond donors (Lipinski definition) is 1. The van der Waals surface area contributed by atoms with Gasteiger partial charge in [0.1, 0.15) is 27.5 Å². The van der Waals surface area contributed by atoms with Crippen LogP contribution in [0.4, 0.5) is 0 Å². The van der Waals surface area contributed by atoms with Crippen molar-refractivity contribution in [1.29, 1.82) is 0 Å². The van der Waals surface area contributed by atoms with E-state index in [0.717, 1.165) is 0 Å². The van der Waals surface area contributed by atoms with Gasteiger partial charge in [0.05, 0.1) is 24.1 Å². The zero-order valence-corrected chi connectivity index (χ0v) is 22.9. The van der Waals surface area contributed by atoms with Gasteiger partial charge in [0, 0.05) is 32.5 Å². The predicted octanol–water partition coefficient (Wildman–Crippen LogP) is 1.08. The van der Waals surface area contributed by atoms with Gasteiger partial charge in [0.25, 0.3) is 0 Å². The molecular weight excluding hydrogens is 484 g/mol. The van der Waals surface area contributed by atoms with Crippen molar-refractivity contribution >= 4 is 27.6 Å². The van der Waals surface area contributed by atoms with Crippen molar-refractivity contribution < 1.29 is 22.8 Å². The van der Waals surface area contributed by atoms with Crippen molar-refractivity contribution in [2.75, 3.05) is 31.6 Å². The van der Waals surface area contributed by atoms with E-state index in [9.17, 15) is 22.8 Å². The number of rotatable bonds is 3. The monoisotopic (exact) mass is 524 g/mol. The molecule has 202 valence electrons. The minimum Gasteiger partial charge on any atom is -0.344 e. The molecule has 1 aromatic heterocycles. The molecule has 1 aromatic rings. The van der Waals surface area contributed by atoms with Crippen molar-refractivity contribution in [2.45, 2.75) is 78.4 Å². The van der Waals surface area contributed by atoms with Crippen LogP contribution in [0.1, 0.15) is 70.6 Å². The second kappa shape index (κ2) is 11.7. The Labute approximate surface area is 213 Å². The number of aromatic nitrogens is 3. The molecule has 2 aliphatic rings. The highest BCUT2D eigenvalue weighted by molar-refractivity contribution is 7.91. The van der Waals surface area contributed by atoms with E-state index in [4.69, 9.17) is 0 Å². The Kier molecular flexibility index (Phi) is 9.13. The van der Waals surface area contributed by atoms with Crippen LogP contribution in [-0.4, -0.2) is 88.4 Å². The van der Waals surface area contributed by atoms with Crippen LogP contribution in [0.15, 0.2) is 0 Å². The number of sulfone groups is 1. The molecule has 3 heterocycles. The zero-order valence-electron chi connectivity index (χ0n) is 22.1. The molecular formula is C24H40N6O5S. The first kappa shape index (κ1) is 28.1. The van der Waals surface area contributed by atoms with Gasteiger partial charge >= 0.3 is 0 Å². The molecule has 0 saturated carbocycles. The Morgan fingerprint density at radius 2 is 1.81 bits per heavy atom. The lowest BCUT2D eigenvalue weighted by Crippen LogP contribution is -2.48. The highest BCUT2D eigenvalue weighted by Gasteiger charge is 2.33. The second-order valence-corrected chi connectivity index (χ2v) is 12.8. The minimum absolute atomic E-state index is 0.0292. The molecule has 1 fully saturated rings. The Morgan fingerprint density at radius 3 is 2.44 bits per heavy atom. The lowest BCUT2D eigenvalue weighted by Gasteiger charge is -2.31. The van der Waals surface area contributed by atoms with Crippen molar-refractivity contribution in [3.05, 3.63) is 11.6 Å². The lowest BCUT2D eigenvalue weighted by atomic mass is 10.0. The van der Waals surface area contributed by atoms with Gasteiger partial charge in [-0.05, 0) is 45.4 Å². The van der Waals surface area contributed by atoms with Crippen LogP contribution < -0.4 is 5.32 Å². The summed E-state index contributed by atoms with van der Waals surface area (Å²) >= 11 is 0. The van der Waals surface area contributed by atoms with Gasteiger partial charge in [-0.1, -0.05) is 13.8 Å². The Hall–Kier alpha value is -2.50. The van der Waals surface area contributed by atoms with E-state index in [1.807, 2.05) is 0 Å². The van der Waals surface area contributed by atoms with Crippen molar-refractivity contribution in [3.63, 3.8) is 0 Å². The Bertz CT molecular complexity index is 1060. The summed E-state index contributed by atoms with van der Waals surface area (Å²) in [4.78, 5) is 47.1. The molecule has 0 bridgehead atoms. The van der Waals surface area contributed by atoms with Gasteiger partial charge in [-0.3, -0.25) is 14.4 Å². The molecule has 0 aromatic carbocycles. The number of carbonyl (C=O) groups excluding carboxylic acids is 3. The van der Waals surface area contributed by atoms with E-state index in [1.165, 1.54) is 4.90 Å². The van der Waals surface area contributed by atoms with Crippen molar-refractivity contribution in [2.24, 2.45) is 11.8 Å². The summed E-state index contributed by atoms with van der Waals surface area (Å²) < 4.78 is 25.5. The summed E-state index contributed by atoms with van der Waals surface area (Å²) in [5, 5.41) is 7.62. The number of carbonyl (C=O) groups is 3. The highest BCUT2D eigenvalue weighted by atomic mass is 32.2. The summed E-state index contributed by atoms with van der Waals surface area (Å²) in [5.74, 6) is 0.720. The molecule has 1 N–H and O–H groups in total. The van der Waals surface area contributed by atoms with E-state index < -0.39 is 15.9 Å². The third-order valence-electron chi connectivity index (χ3n) is 7.11. The predicted molar refractivity (Wildman–Crippen MR) is 135 cm³/mol. The fourth-order valence-electron chi connectivity index (χ4n) is 4.82. The first-order valence-electron chi connectivity index (χ1n) is 12.8. The van der Waals surface area contributed by atoms with E-state index in [1.54, 1.807) is 30.5 Å². The van der Waals surface area contributed by atoms with Crippen LogP contribution in [-0.2, 0) is 30.8 Å². The van der Waals surface area contributed by atoms with Crippen LogP contribution in [0.5, 0.6) is 0 Å². The van der Waals surface area contributed by atoms with Gasteiger partial charge in [-0.2, -0.15) is 5.10 Å². The summed E-state index contributed by atoms with van der Waals surface area (Å²) in [6.45, 7) is 8.75. The number of aryl methyl sites for hydroxylation is 1. The van der Waals surface area contributed by atoms with Gasteiger partial charge in [-0.15, -0.1) is 0 Å². The van der Waals surface area contributed by atoms with Gasteiger partial charge in [0.15, 0.2) is 0 Å². The molecule has 36 heavy (non-hydrogen) atoms. The fourth-order valence-corrected chi connectivity index (χ4v) is 6.31. The van der Waals surface area contributed by atoms with Crippen LogP contribution in [0.25, 0.3) is 0 Å². The first-order valence-corrected chi connectivity index (χ1v) is 14.7. The van der Waals surface area contributed by atoms with E-state index in [-0.39, 0.29) is 53.5 Å². The summed E-state index contributed by atoms with van der Waals surface area (Å²) in [5.41, 5.74) is 0. The molecule has 11 nitrogen and oxygen atoms in total. The first-order chi connectivity index (χ1) is 16.9. The molecule has 3 amide bonds. The van der Waals surface area contributed by atoms with Crippen molar-refractivity contribution in [1.82, 2.24) is 29.9 Å². The van der Waals surface area contributed by atoms with Crippen LogP contribution in [0, 0.1) is 18.8 Å². The molecule has 0 unspecified atom stereocenters. The minimum atomic E-state index is -3.07. The highest BCUT2D eigenvalue weighted by Crippen LogP contribution is 2.23. The SMILES string of the molecule is Cc1nc2n(n1)CCN(C(=O)C1CCS(=O)(=O)CC1)CCCC(=O)N(C)[C@@H](C)C(=O)N[C@@H]2CC(C)C. The van der Waals surface area contributed by atoms with E-state index in [0.29, 0.717) is 57.0 Å². The average Bonchev–Trinajstić information content (AvgIpc) is 3.18. The van der Waals surface area contributed by atoms with Crippen LogP contribution in [0.2, 0.25) is 0 Å². The number of fused-ring (bicyclic) bond motifs is 1. The van der Waals surface area contributed by atoms with Gasteiger partial charge in [0.2, 0.25) is 17.7 Å². The molecule has 0 radical (unpaired) electrons. The van der Waals surface area contributed by atoms with E-state index in [2.05, 4.69) is 29.2 Å². The molecule has 2 aliphatic heterocycles. The average molecular weight is 525 g/mol. The number of amides is 3. The van der Waals surface area contributed by atoms with Crippen LogP contribution in [0.3, 0.4) is 0 Å². The zero-order chi connectivity index (χ0) is 26.6. The molecule has 0 spiro atoms. The topological polar surface area (TPSA) is 135 Å². The normalized spacial score (nSPS) is 24.8. The van der Waals surface area contributed by atoms with Crippen LogP contribution >= 0.6 is 0 Å². The maximum absolute atomic E-state index is 13.4. The second-order valence-electron chi connectivity index (χ2n) is 10.5. The third kappa shape index (κ3) is 7.04. The third-order valence-corrected chi connectivity index (χ3v) is 8.83. The standard InChI is InChI=1S/C24H40N6O5S/c1-16(2)15-20-22-25-18(4)27-30(22)12-11-29(24(33)19-8-13-36(34,35)14-9-19)10-6-7-21(31)28(5)17(3)23(32)26-20/h16-17,19-20H,6-15H2,1-5H3,(H,26,32)/t17-,20+/m0/s1. The number of hydrogen-bond acceptors (Lipinski definition) is 7. The summed E-state index contributed by atoms with van der Waals surface area (Å²) in [6, 6.07) is -1.05. The molecule has 3 rings (SSSR count). The summed E-state index contributed by atoms with van der Waals surface area (Å²) in [6.07, 6.45) is 1.96. The molecule has 0 aliphatic carbocycles. The largest absolute Gasteiger partial charge is 0.344 e. The smallest absolute Gasteiger partial charge is 0.243 e. The number of likely N-dealkylation sites (N-methyl/N-ethyl adjacent to an activating group) is 1.